The van der Waals surface area contributed by atoms with Crippen molar-refractivity contribution < 1.29 is 9.53 Å². The molecule has 0 atom stereocenters. The molecule has 120 valence electrons. The summed E-state index contributed by atoms with van der Waals surface area (Å²) in [6, 6.07) is 2.06. The number of ether oxygens (including phenoxy) is 1. The van der Waals surface area contributed by atoms with Gasteiger partial charge in [0.1, 0.15) is 5.82 Å². The van der Waals surface area contributed by atoms with Crippen molar-refractivity contribution in [3.63, 3.8) is 0 Å². The third-order valence-electron chi connectivity index (χ3n) is 4.54. The van der Waals surface area contributed by atoms with E-state index in [9.17, 15) is 4.79 Å². The van der Waals surface area contributed by atoms with Crippen molar-refractivity contribution in [3.05, 3.63) is 17.0 Å². The largest absolute Gasteiger partial charge is 0.461 e. The summed E-state index contributed by atoms with van der Waals surface area (Å²) in [5.41, 5.74) is 0.234. The summed E-state index contributed by atoms with van der Waals surface area (Å²) in [6.45, 7) is 0.478. The fraction of sp³-hybridized carbons (Fsp3) is 0.688. The highest BCUT2D eigenvalue weighted by atomic mass is 35.5. The number of aromatic nitrogens is 2. The second-order valence-electron chi connectivity index (χ2n) is 6.28. The molecule has 2 saturated carbocycles. The average Bonchev–Trinajstić information content (AvgIpc) is 2.49. The van der Waals surface area contributed by atoms with Gasteiger partial charge in [0.05, 0.1) is 6.61 Å². The van der Waals surface area contributed by atoms with Crippen molar-refractivity contribution in [3.8, 4) is 0 Å². The predicted octanol–water partition coefficient (Wildman–Crippen LogP) is 3.83. The van der Waals surface area contributed by atoms with Gasteiger partial charge in [-0.3, -0.25) is 0 Å². The Labute approximate surface area is 135 Å². The molecule has 0 aromatic carbocycles. The highest BCUT2D eigenvalue weighted by molar-refractivity contribution is 6.28. The van der Waals surface area contributed by atoms with Gasteiger partial charge in [-0.2, -0.15) is 0 Å². The van der Waals surface area contributed by atoms with Crippen molar-refractivity contribution in [1.82, 2.24) is 9.97 Å². The Balaban J connectivity index is 1.58. The Morgan fingerprint density at radius 2 is 1.95 bits per heavy atom. The molecule has 0 amide bonds. The van der Waals surface area contributed by atoms with Gasteiger partial charge in [0.15, 0.2) is 5.69 Å². The van der Waals surface area contributed by atoms with Crippen LogP contribution in [-0.4, -0.2) is 28.6 Å². The van der Waals surface area contributed by atoms with E-state index in [-0.39, 0.29) is 11.0 Å². The number of carbonyl (C=O) groups excluding carboxylic acids is 1. The normalized spacial score (nSPS) is 19.5. The molecule has 3 rings (SSSR count). The quantitative estimate of drug-likeness (QED) is 0.659. The van der Waals surface area contributed by atoms with Gasteiger partial charge in [0.25, 0.3) is 0 Å². The summed E-state index contributed by atoms with van der Waals surface area (Å²) in [6.07, 6.45) is 9.54. The van der Waals surface area contributed by atoms with Crippen LogP contribution in [0, 0.1) is 5.92 Å². The number of anilines is 1. The zero-order valence-electron chi connectivity index (χ0n) is 12.7. The first-order chi connectivity index (χ1) is 10.7. The molecular weight excluding hydrogens is 302 g/mol. The van der Waals surface area contributed by atoms with Crippen LogP contribution in [0.1, 0.15) is 61.9 Å². The van der Waals surface area contributed by atoms with E-state index < -0.39 is 5.97 Å². The molecule has 0 radical (unpaired) electrons. The van der Waals surface area contributed by atoms with E-state index in [4.69, 9.17) is 16.3 Å². The molecule has 5 nitrogen and oxygen atoms in total. The first kappa shape index (κ1) is 15.5. The molecule has 1 aromatic rings. The van der Waals surface area contributed by atoms with Crippen LogP contribution in [0.5, 0.6) is 0 Å². The molecule has 2 aliphatic carbocycles. The second-order valence-corrected chi connectivity index (χ2v) is 6.62. The summed E-state index contributed by atoms with van der Waals surface area (Å²) < 4.78 is 5.41. The summed E-state index contributed by atoms with van der Waals surface area (Å²) in [7, 11) is 0. The number of hydrogen-bond donors (Lipinski definition) is 1. The Morgan fingerprint density at radius 1 is 1.18 bits per heavy atom. The summed E-state index contributed by atoms with van der Waals surface area (Å²) in [5.74, 6) is 0.684. The van der Waals surface area contributed by atoms with Gasteiger partial charge < -0.3 is 10.1 Å². The van der Waals surface area contributed by atoms with Crippen molar-refractivity contribution in [1.29, 1.82) is 0 Å². The molecule has 0 bridgehead atoms. The number of rotatable bonds is 5. The molecule has 0 spiro atoms. The maximum atomic E-state index is 12.2. The minimum absolute atomic E-state index is 0.0777. The van der Waals surface area contributed by atoms with E-state index in [0.29, 0.717) is 24.4 Å². The smallest absolute Gasteiger partial charge is 0.357 e. The van der Waals surface area contributed by atoms with Crippen molar-refractivity contribution in [2.75, 3.05) is 11.9 Å². The number of hydrogen-bond acceptors (Lipinski definition) is 5. The average molecular weight is 324 g/mol. The molecule has 0 aliphatic heterocycles. The maximum Gasteiger partial charge on any atom is 0.357 e. The number of halogens is 1. The fourth-order valence-corrected chi connectivity index (χ4v) is 3.16. The van der Waals surface area contributed by atoms with Gasteiger partial charge in [-0.25, -0.2) is 14.8 Å². The standard InChI is InChI=1S/C16H22ClN3O2/c17-16-19-13(9-14(20-16)18-12-7-4-8-12)15(21)22-10-11-5-2-1-3-6-11/h9,11-12H,1-8,10H2,(H,18,19,20). The van der Waals surface area contributed by atoms with Gasteiger partial charge in [-0.15, -0.1) is 0 Å². The lowest BCUT2D eigenvalue weighted by molar-refractivity contribution is 0.0403. The molecule has 0 unspecified atom stereocenters. The van der Waals surface area contributed by atoms with Gasteiger partial charge in [-0.05, 0) is 49.6 Å². The maximum absolute atomic E-state index is 12.2. The molecule has 1 aromatic heterocycles. The Morgan fingerprint density at radius 3 is 2.64 bits per heavy atom. The summed E-state index contributed by atoms with van der Waals surface area (Å²) in [5, 5.41) is 3.35. The topological polar surface area (TPSA) is 64.1 Å². The Bertz CT molecular complexity index is 528. The van der Waals surface area contributed by atoms with E-state index in [1.54, 1.807) is 6.07 Å². The van der Waals surface area contributed by atoms with Crippen molar-refractivity contribution >= 4 is 23.4 Å². The number of nitrogens with one attached hydrogen (secondary N) is 1. The van der Waals surface area contributed by atoms with Gasteiger partial charge in [0.2, 0.25) is 5.28 Å². The summed E-state index contributed by atoms with van der Waals surface area (Å²) >= 11 is 5.92. The van der Waals surface area contributed by atoms with Crippen LogP contribution in [0.4, 0.5) is 5.82 Å². The second kappa shape index (κ2) is 7.27. The van der Waals surface area contributed by atoms with E-state index in [2.05, 4.69) is 15.3 Å². The Kier molecular flexibility index (Phi) is 5.13. The van der Waals surface area contributed by atoms with Crippen LogP contribution in [-0.2, 0) is 4.74 Å². The minimum atomic E-state index is -0.411. The van der Waals surface area contributed by atoms with Crippen LogP contribution in [0.15, 0.2) is 6.07 Å². The molecule has 22 heavy (non-hydrogen) atoms. The monoisotopic (exact) mass is 323 g/mol. The van der Waals surface area contributed by atoms with Gasteiger partial charge in [0, 0.05) is 12.1 Å². The number of carbonyl (C=O) groups is 1. The van der Waals surface area contributed by atoms with Crippen molar-refractivity contribution in [2.24, 2.45) is 5.92 Å². The first-order valence-electron chi connectivity index (χ1n) is 8.19. The van der Waals surface area contributed by atoms with Crippen LogP contribution < -0.4 is 5.32 Å². The third-order valence-corrected chi connectivity index (χ3v) is 4.71. The highest BCUT2D eigenvalue weighted by Gasteiger charge is 2.20. The SMILES string of the molecule is O=C(OCC1CCCCC1)c1cc(NC2CCC2)nc(Cl)n1. The molecule has 2 fully saturated rings. The molecule has 0 saturated heterocycles. The molecule has 1 heterocycles. The lowest BCUT2D eigenvalue weighted by Crippen LogP contribution is -2.27. The number of nitrogens with zero attached hydrogens (tertiary/aromatic N) is 2. The van der Waals surface area contributed by atoms with Gasteiger partial charge in [-0.1, -0.05) is 19.3 Å². The van der Waals surface area contributed by atoms with Crippen LogP contribution in [0.3, 0.4) is 0 Å². The lowest BCUT2D eigenvalue weighted by Gasteiger charge is -2.26. The zero-order chi connectivity index (χ0) is 15.4. The van der Waals surface area contributed by atoms with Gasteiger partial charge >= 0.3 is 5.97 Å². The number of esters is 1. The lowest BCUT2D eigenvalue weighted by atomic mass is 9.90. The molecule has 2 aliphatic rings. The van der Waals surface area contributed by atoms with Crippen molar-refractivity contribution in [2.45, 2.75) is 57.4 Å². The van der Waals surface area contributed by atoms with E-state index >= 15 is 0 Å². The highest BCUT2D eigenvalue weighted by Crippen LogP contribution is 2.25. The summed E-state index contributed by atoms with van der Waals surface area (Å²) in [4.78, 5) is 20.3. The fourth-order valence-electron chi connectivity index (χ4n) is 2.98. The molecular formula is C16H22ClN3O2. The van der Waals surface area contributed by atoms with E-state index in [0.717, 1.165) is 25.7 Å². The Hall–Kier alpha value is -1.36. The van der Waals surface area contributed by atoms with Crippen LogP contribution >= 0.6 is 11.6 Å². The molecule has 1 N–H and O–H groups in total. The zero-order valence-corrected chi connectivity index (χ0v) is 13.4. The van der Waals surface area contributed by atoms with E-state index in [1.807, 2.05) is 0 Å². The third kappa shape index (κ3) is 4.09. The minimum Gasteiger partial charge on any atom is -0.461 e. The first-order valence-corrected chi connectivity index (χ1v) is 8.57. The van der Waals surface area contributed by atoms with Crippen LogP contribution in [0.2, 0.25) is 5.28 Å². The van der Waals surface area contributed by atoms with E-state index in [1.165, 1.54) is 25.7 Å². The predicted molar refractivity (Wildman–Crippen MR) is 85.2 cm³/mol. The molecule has 6 heteroatoms. The van der Waals surface area contributed by atoms with Crippen LogP contribution in [0.25, 0.3) is 0 Å².